The third-order valence-electron chi connectivity index (χ3n) is 2.50. The number of hydrogen-bond donors (Lipinski definition) is 3. The fourth-order valence-electron chi connectivity index (χ4n) is 1.50. The number of hydrogen-bond acceptors (Lipinski definition) is 4. The molecule has 0 aliphatic carbocycles. The molecule has 1 atom stereocenters. The van der Waals surface area contributed by atoms with Gasteiger partial charge in [0.25, 0.3) is 0 Å². The summed E-state index contributed by atoms with van der Waals surface area (Å²) in [5.41, 5.74) is 0. The van der Waals surface area contributed by atoms with Crippen LogP contribution in [0.4, 0.5) is 0 Å². The molecule has 6 nitrogen and oxygen atoms in total. The zero-order valence-corrected chi connectivity index (χ0v) is 10.8. The lowest BCUT2D eigenvalue weighted by atomic mass is 10.2. The summed E-state index contributed by atoms with van der Waals surface area (Å²) in [5, 5.41) is 13.6. The fraction of sp³-hybridized carbons (Fsp3) is 0.385. The van der Waals surface area contributed by atoms with E-state index in [9.17, 15) is 9.59 Å². The summed E-state index contributed by atoms with van der Waals surface area (Å²) in [5.74, 6) is -0.673. The molecule has 104 valence electrons. The summed E-state index contributed by atoms with van der Waals surface area (Å²) in [7, 11) is 1.65. The van der Waals surface area contributed by atoms with Crippen molar-refractivity contribution in [1.82, 2.24) is 10.6 Å². The zero-order valence-electron chi connectivity index (χ0n) is 10.8. The van der Waals surface area contributed by atoms with Crippen LogP contribution in [0, 0.1) is 0 Å². The summed E-state index contributed by atoms with van der Waals surface area (Å²) < 4.78 is 5.48. The molecule has 0 aromatic heterocycles. The number of amides is 1. The average Bonchev–Trinajstić information content (AvgIpc) is 2.42. The van der Waals surface area contributed by atoms with Crippen LogP contribution in [-0.2, 0) is 9.59 Å². The van der Waals surface area contributed by atoms with E-state index in [1.54, 1.807) is 7.05 Å². The van der Waals surface area contributed by atoms with Crippen molar-refractivity contribution in [1.29, 1.82) is 0 Å². The Morgan fingerprint density at radius 2 is 2.00 bits per heavy atom. The molecule has 1 amide bonds. The van der Waals surface area contributed by atoms with E-state index in [1.165, 1.54) is 0 Å². The average molecular weight is 266 g/mol. The van der Waals surface area contributed by atoms with Gasteiger partial charge in [0, 0.05) is 6.42 Å². The van der Waals surface area contributed by atoms with Crippen LogP contribution in [-0.4, -0.2) is 43.2 Å². The smallest absolute Gasteiger partial charge is 0.322 e. The normalized spacial score (nSPS) is 11.6. The third kappa shape index (κ3) is 5.87. The third-order valence-corrected chi connectivity index (χ3v) is 2.50. The van der Waals surface area contributed by atoms with Crippen molar-refractivity contribution < 1.29 is 19.4 Å². The summed E-state index contributed by atoms with van der Waals surface area (Å²) in [4.78, 5) is 22.0. The van der Waals surface area contributed by atoms with E-state index in [1.807, 2.05) is 30.3 Å². The number of benzene rings is 1. The Balaban J connectivity index is 2.32. The van der Waals surface area contributed by atoms with Crippen LogP contribution in [0.15, 0.2) is 30.3 Å². The topological polar surface area (TPSA) is 87.7 Å². The van der Waals surface area contributed by atoms with Gasteiger partial charge in [-0.25, -0.2) is 0 Å². The first-order chi connectivity index (χ1) is 9.13. The highest BCUT2D eigenvalue weighted by atomic mass is 16.5. The second kappa shape index (κ2) is 8.10. The first-order valence-corrected chi connectivity index (χ1v) is 5.98. The van der Waals surface area contributed by atoms with E-state index in [4.69, 9.17) is 9.84 Å². The molecule has 1 aromatic rings. The highest BCUT2D eigenvalue weighted by Crippen LogP contribution is 2.08. The van der Waals surface area contributed by atoms with E-state index in [2.05, 4.69) is 10.6 Å². The fourth-order valence-corrected chi connectivity index (χ4v) is 1.50. The van der Waals surface area contributed by atoms with Gasteiger partial charge >= 0.3 is 5.97 Å². The van der Waals surface area contributed by atoms with E-state index in [0.29, 0.717) is 13.0 Å². The van der Waals surface area contributed by atoms with E-state index in [-0.39, 0.29) is 12.5 Å². The van der Waals surface area contributed by atoms with Crippen LogP contribution in [0.3, 0.4) is 0 Å². The maximum absolute atomic E-state index is 11.6. The predicted octanol–water partition coefficient (Wildman–Crippen LogP) is 0.244. The number of ether oxygens (including phenoxy) is 1. The molecule has 19 heavy (non-hydrogen) atoms. The Bertz CT molecular complexity index is 408. The lowest BCUT2D eigenvalue weighted by Crippen LogP contribution is -2.45. The number of carbonyl (C=O) groups excluding carboxylic acids is 1. The van der Waals surface area contributed by atoms with Crippen LogP contribution in [0.2, 0.25) is 0 Å². The van der Waals surface area contributed by atoms with Crippen molar-refractivity contribution in [3.8, 4) is 5.75 Å². The number of rotatable bonds is 8. The molecule has 3 N–H and O–H groups in total. The van der Waals surface area contributed by atoms with Gasteiger partial charge in [0.15, 0.2) is 0 Å². The first kappa shape index (κ1) is 15.0. The number of nitrogens with one attached hydrogen (secondary N) is 2. The van der Waals surface area contributed by atoms with Crippen molar-refractivity contribution in [2.75, 3.05) is 20.2 Å². The monoisotopic (exact) mass is 266 g/mol. The summed E-state index contributed by atoms with van der Waals surface area (Å²) in [6, 6.07) is 8.82. The van der Waals surface area contributed by atoms with Gasteiger partial charge in [-0.3, -0.25) is 9.59 Å². The van der Waals surface area contributed by atoms with Gasteiger partial charge in [-0.05, 0) is 19.2 Å². The predicted molar refractivity (Wildman–Crippen MR) is 70.0 cm³/mol. The molecule has 1 rings (SSSR count). The Morgan fingerprint density at radius 1 is 1.32 bits per heavy atom. The van der Waals surface area contributed by atoms with Gasteiger partial charge in [-0.15, -0.1) is 0 Å². The molecule has 0 aliphatic heterocycles. The molecule has 0 saturated heterocycles. The molecule has 0 heterocycles. The lowest BCUT2D eigenvalue weighted by molar-refractivity contribution is -0.138. The van der Waals surface area contributed by atoms with Crippen LogP contribution in [0.5, 0.6) is 5.75 Å². The van der Waals surface area contributed by atoms with Crippen LogP contribution in [0.25, 0.3) is 0 Å². The van der Waals surface area contributed by atoms with E-state index < -0.39 is 12.0 Å². The first-order valence-electron chi connectivity index (χ1n) is 5.98. The Labute approximate surface area is 111 Å². The molecule has 1 unspecified atom stereocenters. The van der Waals surface area contributed by atoms with Crippen LogP contribution >= 0.6 is 0 Å². The Morgan fingerprint density at radius 3 is 2.58 bits per heavy atom. The molecule has 6 heteroatoms. The lowest BCUT2D eigenvalue weighted by Gasteiger charge is -2.15. The maximum Gasteiger partial charge on any atom is 0.322 e. The summed E-state index contributed by atoms with van der Waals surface area (Å²) in [6.45, 7) is -0.00737. The molecular formula is C13H18N2O4. The van der Waals surface area contributed by atoms with Gasteiger partial charge in [0.2, 0.25) is 5.91 Å². The molecular weight excluding hydrogens is 248 g/mol. The Hall–Kier alpha value is -2.08. The van der Waals surface area contributed by atoms with Crippen LogP contribution in [0.1, 0.15) is 6.42 Å². The number of carboxylic acid groups (broad SMARTS) is 1. The second-order valence-electron chi connectivity index (χ2n) is 3.90. The molecule has 0 radical (unpaired) electrons. The standard InChI is InChI=1S/C13H18N2O4/c1-14-11(13(18)15-9-12(16)17)7-8-19-10-5-3-2-4-6-10/h2-6,11,14H,7-9H2,1H3,(H,15,18)(H,16,17). The number of carbonyl (C=O) groups is 2. The maximum atomic E-state index is 11.6. The van der Waals surface area contributed by atoms with Crippen molar-refractivity contribution in [3.05, 3.63) is 30.3 Å². The SMILES string of the molecule is CNC(CCOc1ccccc1)C(=O)NCC(=O)O. The van der Waals surface area contributed by atoms with E-state index in [0.717, 1.165) is 5.75 Å². The van der Waals surface area contributed by atoms with Gasteiger partial charge in [0.05, 0.1) is 12.6 Å². The zero-order chi connectivity index (χ0) is 14.1. The van der Waals surface area contributed by atoms with Gasteiger partial charge in [-0.1, -0.05) is 18.2 Å². The minimum atomic E-state index is -1.07. The minimum absolute atomic E-state index is 0.346. The van der Waals surface area contributed by atoms with Crippen molar-refractivity contribution in [2.45, 2.75) is 12.5 Å². The highest BCUT2D eigenvalue weighted by Gasteiger charge is 2.16. The molecule has 0 bridgehead atoms. The Kier molecular flexibility index (Phi) is 6.38. The van der Waals surface area contributed by atoms with Gasteiger partial charge < -0.3 is 20.5 Å². The second-order valence-corrected chi connectivity index (χ2v) is 3.90. The van der Waals surface area contributed by atoms with Crippen molar-refractivity contribution in [3.63, 3.8) is 0 Å². The summed E-state index contributed by atoms with van der Waals surface area (Å²) >= 11 is 0. The summed E-state index contributed by atoms with van der Waals surface area (Å²) in [6.07, 6.45) is 0.455. The number of likely N-dealkylation sites (N-methyl/N-ethyl adjacent to an activating group) is 1. The van der Waals surface area contributed by atoms with Gasteiger partial charge in [0.1, 0.15) is 12.3 Å². The molecule has 0 spiro atoms. The quantitative estimate of drug-likeness (QED) is 0.627. The number of aliphatic carboxylic acids is 1. The highest BCUT2D eigenvalue weighted by molar-refractivity contribution is 5.85. The van der Waals surface area contributed by atoms with Crippen molar-refractivity contribution in [2.24, 2.45) is 0 Å². The molecule has 0 saturated carbocycles. The van der Waals surface area contributed by atoms with Gasteiger partial charge in [-0.2, -0.15) is 0 Å². The van der Waals surface area contributed by atoms with Crippen LogP contribution < -0.4 is 15.4 Å². The molecule has 0 fully saturated rings. The van der Waals surface area contributed by atoms with E-state index >= 15 is 0 Å². The molecule has 1 aromatic carbocycles. The largest absolute Gasteiger partial charge is 0.494 e. The minimum Gasteiger partial charge on any atom is -0.494 e. The number of carboxylic acids is 1. The van der Waals surface area contributed by atoms with Crippen molar-refractivity contribution >= 4 is 11.9 Å². The molecule has 0 aliphatic rings. The number of para-hydroxylation sites is 1.